The van der Waals surface area contributed by atoms with E-state index in [-0.39, 0.29) is 5.91 Å². The lowest BCUT2D eigenvalue weighted by Gasteiger charge is -2.26. The first-order chi connectivity index (χ1) is 9.61. The van der Waals surface area contributed by atoms with Gasteiger partial charge in [-0.05, 0) is 57.1 Å². The zero-order chi connectivity index (χ0) is 14.5. The maximum atomic E-state index is 12.5. The summed E-state index contributed by atoms with van der Waals surface area (Å²) in [5.41, 5.74) is 7.46. The highest BCUT2D eigenvalue weighted by atomic mass is 16.2. The minimum atomic E-state index is 0.101. The molecule has 1 fully saturated rings. The van der Waals surface area contributed by atoms with Crippen molar-refractivity contribution >= 4 is 5.91 Å². The highest BCUT2D eigenvalue weighted by Gasteiger charge is 2.24. The molecule has 1 unspecified atom stereocenters. The summed E-state index contributed by atoms with van der Waals surface area (Å²) >= 11 is 0. The second-order valence-corrected chi connectivity index (χ2v) is 5.70. The Labute approximate surface area is 121 Å². The summed E-state index contributed by atoms with van der Waals surface area (Å²) in [6, 6.07) is 8.31. The van der Waals surface area contributed by atoms with Gasteiger partial charge in [0.25, 0.3) is 5.91 Å². The molecule has 1 amide bonds. The van der Waals surface area contributed by atoms with E-state index in [9.17, 15) is 4.79 Å². The highest BCUT2D eigenvalue weighted by molar-refractivity contribution is 5.94. The third kappa shape index (κ3) is 3.58. The number of hydrogen-bond acceptors (Lipinski definition) is 3. The van der Waals surface area contributed by atoms with Crippen LogP contribution in [0.5, 0.6) is 0 Å². The molecule has 0 bridgehead atoms. The van der Waals surface area contributed by atoms with Crippen molar-refractivity contribution in [1.29, 1.82) is 0 Å². The average Bonchev–Trinajstić information content (AvgIpc) is 2.84. The fourth-order valence-corrected chi connectivity index (χ4v) is 2.86. The number of likely N-dealkylation sites (N-methyl/N-ethyl adjacent to an activating group) is 2. The van der Waals surface area contributed by atoms with Crippen LogP contribution in [0.25, 0.3) is 0 Å². The molecular weight excluding hydrogens is 250 g/mol. The SMILES string of the molecule is CN(CC1CCCN1C)C(=O)c1cccc(CCN)c1. The van der Waals surface area contributed by atoms with E-state index in [4.69, 9.17) is 5.73 Å². The zero-order valence-corrected chi connectivity index (χ0v) is 12.5. The second kappa shape index (κ2) is 6.86. The summed E-state index contributed by atoms with van der Waals surface area (Å²) < 4.78 is 0. The van der Waals surface area contributed by atoms with Crippen LogP contribution in [-0.4, -0.2) is 55.5 Å². The first kappa shape index (κ1) is 15.0. The molecule has 1 heterocycles. The molecule has 0 aromatic heterocycles. The summed E-state index contributed by atoms with van der Waals surface area (Å²) in [6.45, 7) is 2.55. The summed E-state index contributed by atoms with van der Waals surface area (Å²) in [5.74, 6) is 0.101. The molecule has 2 rings (SSSR count). The lowest BCUT2D eigenvalue weighted by molar-refractivity contribution is 0.0761. The minimum Gasteiger partial charge on any atom is -0.340 e. The lowest BCUT2D eigenvalue weighted by Crippen LogP contribution is -2.39. The van der Waals surface area contributed by atoms with E-state index in [0.29, 0.717) is 12.6 Å². The van der Waals surface area contributed by atoms with Crippen LogP contribution in [-0.2, 0) is 6.42 Å². The van der Waals surface area contributed by atoms with Gasteiger partial charge in [-0.1, -0.05) is 12.1 Å². The van der Waals surface area contributed by atoms with Crippen molar-refractivity contribution in [3.05, 3.63) is 35.4 Å². The van der Waals surface area contributed by atoms with Crippen LogP contribution in [0.2, 0.25) is 0 Å². The molecule has 0 radical (unpaired) electrons. The quantitative estimate of drug-likeness (QED) is 0.882. The highest BCUT2D eigenvalue weighted by Crippen LogP contribution is 2.16. The van der Waals surface area contributed by atoms with Crippen LogP contribution in [0.15, 0.2) is 24.3 Å². The molecule has 0 saturated carbocycles. The third-order valence-corrected chi connectivity index (χ3v) is 4.11. The molecule has 1 aromatic rings. The van der Waals surface area contributed by atoms with Gasteiger partial charge in [0.05, 0.1) is 0 Å². The van der Waals surface area contributed by atoms with E-state index in [1.807, 2.05) is 36.2 Å². The van der Waals surface area contributed by atoms with Crippen molar-refractivity contribution in [2.75, 3.05) is 33.7 Å². The normalized spacial score (nSPS) is 19.2. The Balaban J connectivity index is 2.00. The Hall–Kier alpha value is -1.39. The van der Waals surface area contributed by atoms with Crippen molar-refractivity contribution in [1.82, 2.24) is 9.80 Å². The van der Waals surface area contributed by atoms with Crippen LogP contribution in [0.4, 0.5) is 0 Å². The monoisotopic (exact) mass is 275 g/mol. The number of nitrogens with zero attached hydrogens (tertiary/aromatic N) is 2. The van der Waals surface area contributed by atoms with Crippen LogP contribution in [0.1, 0.15) is 28.8 Å². The van der Waals surface area contributed by atoms with Gasteiger partial charge in [0, 0.05) is 25.2 Å². The predicted octanol–water partition coefficient (Wildman–Crippen LogP) is 1.35. The van der Waals surface area contributed by atoms with Gasteiger partial charge in [-0.3, -0.25) is 4.79 Å². The molecule has 110 valence electrons. The number of hydrogen-bond donors (Lipinski definition) is 1. The Kier molecular flexibility index (Phi) is 5.15. The number of carbonyl (C=O) groups excluding carboxylic acids is 1. The van der Waals surface area contributed by atoms with Crippen molar-refractivity contribution in [3.8, 4) is 0 Å². The number of benzene rings is 1. The van der Waals surface area contributed by atoms with Crippen LogP contribution in [0.3, 0.4) is 0 Å². The maximum Gasteiger partial charge on any atom is 0.253 e. The van der Waals surface area contributed by atoms with Crippen molar-refractivity contribution < 1.29 is 4.79 Å². The molecule has 20 heavy (non-hydrogen) atoms. The van der Waals surface area contributed by atoms with Crippen LogP contribution in [0, 0.1) is 0 Å². The summed E-state index contributed by atoms with van der Waals surface area (Å²) in [6.07, 6.45) is 3.23. The van der Waals surface area contributed by atoms with Crippen LogP contribution < -0.4 is 5.73 Å². The van der Waals surface area contributed by atoms with Gasteiger partial charge in [-0.2, -0.15) is 0 Å². The smallest absolute Gasteiger partial charge is 0.253 e. The first-order valence-corrected chi connectivity index (χ1v) is 7.36. The number of rotatable bonds is 5. The van der Waals surface area contributed by atoms with Crippen LogP contribution >= 0.6 is 0 Å². The van der Waals surface area contributed by atoms with E-state index in [2.05, 4.69) is 11.9 Å². The Bertz CT molecular complexity index is 461. The summed E-state index contributed by atoms with van der Waals surface area (Å²) in [5, 5.41) is 0. The van der Waals surface area contributed by atoms with Crippen molar-refractivity contribution in [2.24, 2.45) is 5.73 Å². The molecule has 1 saturated heterocycles. The van der Waals surface area contributed by atoms with E-state index < -0.39 is 0 Å². The fraction of sp³-hybridized carbons (Fsp3) is 0.562. The van der Waals surface area contributed by atoms with Gasteiger partial charge in [0.15, 0.2) is 0 Å². The molecule has 1 aliphatic rings. The largest absolute Gasteiger partial charge is 0.340 e. The molecule has 2 N–H and O–H groups in total. The van der Waals surface area contributed by atoms with Gasteiger partial charge in [0.1, 0.15) is 0 Å². The maximum absolute atomic E-state index is 12.5. The topological polar surface area (TPSA) is 49.6 Å². The first-order valence-electron chi connectivity index (χ1n) is 7.36. The molecule has 4 nitrogen and oxygen atoms in total. The second-order valence-electron chi connectivity index (χ2n) is 5.70. The third-order valence-electron chi connectivity index (χ3n) is 4.11. The molecule has 4 heteroatoms. The molecular formula is C16H25N3O. The van der Waals surface area contributed by atoms with Gasteiger partial charge < -0.3 is 15.5 Å². The average molecular weight is 275 g/mol. The lowest BCUT2D eigenvalue weighted by atomic mass is 10.1. The number of nitrogens with two attached hydrogens (primary N) is 1. The molecule has 0 spiro atoms. The van der Waals surface area contributed by atoms with Crippen molar-refractivity contribution in [2.45, 2.75) is 25.3 Å². The summed E-state index contributed by atoms with van der Waals surface area (Å²) in [7, 11) is 4.03. The molecule has 1 atom stereocenters. The van der Waals surface area contributed by atoms with Gasteiger partial charge in [-0.25, -0.2) is 0 Å². The Morgan fingerprint density at radius 2 is 2.30 bits per heavy atom. The van der Waals surface area contributed by atoms with E-state index in [0.717, 1.165) is 30.6 Å². The molecule has 1 aliphatic heterocycles. The zero-order valence-electron chi connectivity index (χ0n) is 12.5. The Morgan fingerprint density at radius 3 is 2.95 bits per heavy atom. The number of amides is 1. The standard InChI is InChI=1S/C16H25N3O/c1-18-10-4-7-15(18)12-19(2)16(20)14-6-3-5-13(11-14)8-9-17/h3,5-6,11,15H,4,7-10,12,17H2,1-2H3. The van der Waals surface area contributed by atoms with Gasteiger partial charge in [0.2, 0.25) is 0 Å². The van der Waals surface area contributed by atoms with Crippen molar-refractivity contribution in [3.63, 3.8) is 0 Å². The molecule has 0 aliphatic carbocycles. The summed E-state index contributed by atoms with van der Waals surface area (Å²) in [4.78, 5) is 16.7. The van der Waals surface area contributed by atoms with E-state index in [1.165, 1.54) is 12.8 Å². The fourth-order valence-electron chi connectivity index (χ4n) is 2.86. The van der Waals surface area contributed by atoms with E-state index >= 15 is 0 Å². The Morgan fingerprint density at radius 1 is 1.50 bits per heavy atom. The minimum absolute atomic E-state index is 0.101. The molecule has 1 aromatic carbocycles. The van der Waals surface area contributed by atoms with Gasteiger partial charge in [-0.15, -0.1) is 0 Å². The van der Waals surface area contributed by atoms with E-state index in [1.54, 1.807) is 0 Å². The number of likely N-dealkylation sites (tertiary alicyclic amines) is 1. The number of carbonyl (C=O) groups is 1. The van der Waals surface area contributed by atoms with Gasteiger partial charge >= 0.3 is 0 Å². The predicted molar refractivity (Wildman–Crippen MR) is 81.8 cm³/mol.